The number of fused-ring (bicyclic) bond motifs is 1. The summed E-state index contributed by atoms with van der Waals surface area (Å²) in [6.07, 6.45) is -2.67. The van der Waals surface area contributed by atoms with E-state index < -0.39 is 29.7 Å². The fourth-order valence-electron chi connectivity index (χ4n) is 3.87. The molecule has 0 saturated carbocycles. The normalized spacial score (nSPS) is 21.9. The molecule has 1 aromatic heterocycles. The second kappa shape index (κ2) is 7.44. The maximum absolute atomic E-state index is 13.7. The average Bonchev–Trinajstić information content (AvgIpc) is 3.14. The lowest BCUT2D eigenvalue weighted by Crippen LogP contribution is -2.67. The molecule has 1 fully saturated rings. The number of nitrogens with two attached hydrogens (primary N) is 2. The van der Waals surface area contributed by atoms with Gasteiger partial charge < -0.3 is 21.7 Å². The van der Waals surface area contributed by atoms with E-state index in [9.17, 15) is 18.0 Å². The number of carbonyl (C=O) groups is 1. The number of aromatic nitrogens is 1. The Labute approximate surface area is 175 Å². The Morgan fingerprint density at radius 1 is 1.27 bits per heavy atom. The van der Waals surface area contributed by atoms with Crippen LogP contribution in [0.25, 0.3) is 0 Å². The third kappa shape index (κ3) is 3.46. The number of Topliss-reactive ketones (excluding diaryl/α,β-unsaturated/α-hetero) is 1. The third-order valence-corrected chi connectivity index (χ3v) is 6.07. The Morgan fingerprint density at radius 3 is 2.63 bits per heavy atom. The number of dihydropyridines is 1. The zero-order valence-electron chi connectivity index (χ0n) is 15.9. The van der Waals surface area contributed by atoms with Crippen molar-refractivity contribution in [3.63, 3.8) is 0 Å². The molecule has 1 aromatic carbocycles. The van der Waals surface area contributed by atoms with Crippen LogP contribution < -0.4 is 21.7 Å². The molecule has 0 aliphatic carbocycles. The molecule has 0 spiro atoms. The van der Waals surface area contributed by atoms with Gasteiger partial charge in [-0.05, 0) is 24.0 Å². The predicted molar refractivity (Wildman–Crippen MR) is 110 cm³/mol. The minimum Gasteiger partial charge on any atom is -0.387 e. The predicted octanol–water partition coefficient (Wildman–Crippen LogP) is 2.75. The van der Waals surface area contributed by atoms with Crippen LogP contribution in [0.5, 0.6) is 0 Å². The Bertz CT molecular complexity index is 1030. The average molecular weight is 435 g/mol. The standard InChI is InChI=1S/C20H20F3N5OS/c21-20(22,23)14-9-26-8-13-10-28(18-17(24)30-11-27-18)19(25,16(29)15(13)14)7-6-12-4-2-1-3-5-12/h1-5,8,11,26H,6-7,9-10,24-25H2. The Morgan fingerprint density at radius 2 is 2.00 bits per heavy atom. The number of aryl methyl sites for hydroxylation is 1. The maximum atomic E-state index is 13.7. The zero-order valence-corrected chi connectivity index (χ0v) is 16.7. The number of thiazole rings is 1. The molecule has 5 N–H and O–H groups in total. The first-order valence-corrected chi connectivity index (χ1v) is 10.2. The van der Waals surface area contributed by atoms with Crippen LogP contribution >= 0.6 is 11.3 Å². The van der Waals surface area contributed by atoms with Gasteiger partial charge in [-0.1, -0.05) is 30.3 Å². The van der Waals surface area contributed by atoms with Gasteiger partial charge >= 0.3 is 6.18 Å². The van der Waals surface area contributed by atoms with E-state index in [0.29, 0.717) is 17.2 Å². The molecule has 158 valence electrons. The number of rotatable bonds is 4. The Kier molecular flexibility index (Phi) is 5.07. The molecule has 1 atom stereocenters. The first-order valence-electron chi connectivity index (χ1n) is 9.29. The fraction of sp³-hybridized carbons (Fsp3) is 0.300. The largest absolute Gasteiger partial charge is 0.415 e. The fourth-order valence-corrected chi connectivity index (χ4v) is 4.41. The van der Waals surface area contributed by atoms with Gasteiger partial charge in [0.1, 0.15) is 5.00 Å². The number of nitrogens with zero attached hydrogens (tertiary/aromatic N) is 2. The first kappa shape index (κ1) is 20.4. The highest BCUT2D eigenvalue weighted by Gasteiger charge is 2.52. The molecule has 0 radical (unpaired) electrons. The number of hydrogen-bond acceptors (Lipinski definition) is 7. The molecule has 10 heteroatoms. The summed E-state index contributed by atoms with van der Waals surface area (Å²) in [7, 11) is 0. The molecule has 0 bridgehead atoms. The summed E-state index contributed by atoms with van der Waals surface area (Å²) in [5.41, 5.74) is 12.4. The van der Waals surface area contributed by atoms with E-state index >= 15 is 0 Å². The number of anilines is 2. The van der Waals surface area contributed by atoms with Crippen LogP contribution in [-0.4, -0.2) is 35.7 Å². The molecule has 6 nitrogen and oxygen atoms in total. The van der Waals surface area contributed by atoms with Crippen LogP contribution in [0, 0.1) is 0 Å². The lowest BCUT2D eigenvalue weighted by atomic mass is 9.80. The number of ketones is 1. The van der Waals surface area contributed by atoms with Crippen LogP contribution in [0.15, 0.2) is 58.8 Å². The summed E-state index contributed by atoms with van der Waals surface area (Å²) in [4.78, 5) is 19.3. The zero-order chi connectivity index (χ0) is 21.5. The van der Waals surface area contributed by atoms with Gasteiger partial charge in [0.2, 0.25) is 5.78 Å². The van der Waals surface area contributed by atoms with Gasteiger partial charge in [-0.2, -0.15) is 13.2 Å². The SMILES string of the molecule is Nc1scnc1N1CC2=CNCC(C(F)(F)F)=C2C(=O)C1(N)CCc1ccccc1. The molecule has 30 heavy (non-hydrogen) atoms. The number of carbonyl (C=O) groups excluding carboxylic acids is 1. The highest BCUT2D eigenvalue weighted by Crippen LogP contribution is 2.42. The Balaban J connectivity index is 1.80. The minimum atomic E-state index is -4.64. The molecule has 2 aliphatic heterocycles. The van der Waals surface area contributed by atoms with E-state index in [-0.39, 0.29) is 24.1 Å². The second-order valence-corrected chi connectivity index (χ2v) is 8.15. The molecule has 2 aliphatic rings. The number of nitrogens with one attached hydrogen (secondary N) is 1. The van der Waals surface area contributed by atoms with Crippen LogP contribution in [0.3, 0.4) is 0 Å². The van der Waals surface area contributed by atoms with E-state index in [4.69, 9.17) is 11.5 Å². The molecular weight excluding hydrogens is 415 g/mol. The first-order chi connectivity index (χ1) is 14.2. The number of nitrogen functional groups attached to an aromatic ring is 1. The maximum Gasteiger partial charge on any atom is 0.415 e. The van der Waals surface area contributed by atoms with Crippen LogP contribution in [-0.2, 0) is 11.2 Å². The minimum absolute atomic E-state index is 0.00707. The quantitative estimate of drug-likeness (QED) is 0.683. The summed E-state index contributed by atoms with van der Waals surface area (Å²) >= 11 is 1.18. The monoisotopic (exact) mass is 435 g/mol. The van der Waals surface area contributed by atoms with Crippen molar-refractivity contribution in [3.05, 3.63) is 64.3 Å². The van der Waals surface area contributed by atoms with Crippen molar-refractivity contribution < 1.29 is 18.0 Å². The summed E-state index contributed by atoms with van der Waals surface area (Å²) in [5.74, 6) is -0.458. The van der Waals surface area contributed by atoms with E-state index in [2.05, 4.69) is 10.3 Å². The summed E-state index contributed by atoms with van der Waals surface area (Å²) in [6.45, 7) is -0.478. The highest BCUT2D eigenvalue weighted by atomic mass is 32.1. The van der Waals surface area contributed by atoms with Gasteiger partial charge in [0.25, 0.3) is 0 Å². The van der Waals surface area contributed by atoms with Crippen LogP contribution in [0.4, 0.5) is 24.0 Å². The van der Waals surface area contributed by atoms with Crippen molar-refractivity contribution in [1.82, 2.24) is 10.3 Å². The second-order valence-electron chi connectivity index (χ2n) is 7.27. The van der Waals surface area contributed by atoms with Gasteiger partial charge in [0.05, 0.1) is 11.1 Å². The smallest absolute Gasteiger partial charge is 0.387 e. The number of benzene rings is 1. The van der Waals surface area contributed by atoms with Gasteiger partial charge in [0.15, 0.2) is 11.5 Å². The number of hydrogen-bond donors (Lipinski definition) is 3. The number of halogens is 3. The number of alkyl halides is 3. The van der Waals surface area contributed by atoms with Gasteiger partial charge in [-0.15, -0.1) is 11.3 Å². The van der Waals surface area contributed by atoms with Gasteiger partial charge in [-0.25, -0.2) is 4.98 Å². The Hall–Kier alpha value is -2.85. The van der Waals surface area contributed by atoms with E-state index in [1.807, 2.05) is 30.3 Å². The van der Waals surface area contributed by atoms with Crippen LogP contribution in [0.1, 0.15) is 12.0 Å². The van der Waals surface area contributed by atoms with Gasteiger partial charge in [0, 0.05) is 24.9 Å². The molecule has 3 heterocycles. The van der Waals surface area contributed by atoms with Crippen molar-refractivity contribution >= 4 is 27.9 Å². The molecule has 2 aromatic rings. The van der Waals surface area contributed by atoms with E-state index in [1.54, 1.807) is 0 Å². The molecule has 1 unspecified atom stereocenters. The molecule has 1 saturated heterocycles. The number of piperidine rings is 1. The van der Waals surface area contributed by atoms with Crippen LogP contribution in [0.2, 0.25) is 0 Å². The summed E-state index contributed by atoms with van der Waals surface area (Å²) in [5, 5.41) is 2.97. The third-order valence-electron chi connectivity index (χ3n) is 5.42. The summed E-state index contributed by atoms with van der Waals surface area (Å²) < 4.78 is 41.0. The van der Waals surface area contributed by atoms with E-state index in [0.717, 1.165) is 5.56 Å². The molecule has 0 amide bonds. The van der Waals surface area contributed by atoms with Crippen molar-refractivity contribution in [1.29, 1.82) is 0 Å². The van der Waals surface area contributed by atoms with Crippen molar-refractivity contribution in [3.8, 4) is 0 Å². The van der Waals surface area contributed by atoms with Gasteiger partial charge in [-0.3, -0.25) is 4.79 Å². The topological polar surface area (TPSA) is 97.3 Å². The lowest BCUT2D eigenvalue weighted by molar-refractivity contribution is -0.123. The highest BCUT2D eigenvalue weighted by molar-refractivity contribution is 7.14. The summed E-state index contributed by atoms with van der Waals surface area (Å²) in [6, 6.07) is 9.34. The van der Waals surface area contributed by atoms with Crippen molar-refractivity contribution in [2.45, 2.75) is 24.7 Å². The van der Waals surface area contributed by atoms with Crippen molar-refractivity contribution in [2.75, 3.05) is 23.7 Å². The molecular formula is C20H20F3N5OS. The van der Waals surface area contributed by atoms with E-state index in [1.165, 1.54) is 27.9 Å². The lowest BCUT2D eigenvalue weighted by Gasteiger charge is -2.46. The van der Waals surface area contributed by atoms with Crippen molar-refractivity contribution in [2.24, 2.45) is 5.73 Å². The molecule has 4 rings (SSSR count).